The van der Waals surface area contributed by atoms with Crippen LogP contribution >= 0.6 is 0 Å². The second-order valence-electron chi connectivity index (χ2n) is 6.65. The minimum atomic E-state index is -0.0928. The summed E-state index contributed by atoms with van der Waals surface area (Å²) < 4.78 is 7.41. The summed E-state index contributed by atoms with van der Waals surface area (Å²) in [5.74, 6) is 1.26. The number of imidazole rings is 1. The van der Waals surface area contributed by atoms with Crippen LogP contribution in [0.15, 0.2) is 72.9 Å². The van der Waals surface area contributed by atoms with Crippen molar-refractivity contribution in [3.05, 3.63) is 84.1 Å². The van der Waals surface area contributed by atoms with Crippen molar-refractivity contribution in [2.24, 2.45) is 0 Å². The average Bonchev–Trinajstić information content (AvgIpc) is 3.05. The fourth-order valence-electron chi connectivity index (χ4n) is 3.25. The van der Waals surface area contributed by atoms with Crippen LogP contribution in [0.5, 0.6) is 5.75 Å². The van der Waals surface area contributed by atoms with Crippen LogP contribution in [0, 0.1) is 6.92 Å². The highest BCUT2D eigenvalue weighted by molar-refractivity contribution is 5.96. The van der Waals surface area contributed by atoms with Crippen molar-refractivity contribution in [3.63, 3.8) is 0 Å². The molecule has 28 heavy (non-hydrogen) atoms. The summed E-state index contributed by atoms with van der Waals surface area (Å²) in [6.45, 7) is 2.02. The Hall–Kier alpha value is -3.60. The number of anilines is 1. The van der Waals surface area contributed by atoms with Crippen LogP contribution in [-0.2, 0) is 11.2 Å². The van der Waals surface area contributed by atoms with E-state index in [0.29, 0.717) is 23.7 Å². The van der Waals surface area contributed by atoms with Gasteiger partial charge in [-0.05, 0) is 42.3 Å². The van der Waals surface area contributed by atoms with E-state index in [4.69, 9.17) is 9.72 Å². The third-order valence-corrected chi connectivity index (χ3v) is 4.61. The molecular weight excluding hydrogens is 350 g/mol. The Morgan fingerprint density at radius 3 is 2.61 bits per heavy atom. The van der Waals surface area contributed by atoms with Gasteiger partial charge in [0.05, 0.1) is 13.5 Å². The third-order valence-electron chi connectivity index (χ3n) is 4.61. The van der Waals surface area contributed by atoms with Gasteiger partial charge in [0.1, 0.15) is 22.9 Å². The summed E-state index contributed by atoms with van der Waals surface area (Å²) in [4.78, 5) is 17.5. The first-order chi connectivity index (χ1) is 13.7. The van der Waals surface area contributed by atoms with Gasteiger partial charge in [-0.2, -0.15) is 0 Å². The maximum atomic E-state index is 12.7. The van der Waals surface area contributed by atoms with Crippen molar-refractivity contribution < 1.29 is 9.53 Å². The van der Waals surface area contributed by atoms with E-state index in [1.165, 1.54) is 0 Å². The molecule has 140 valence electrons. The summed E-state index contributed by atoms with van der Waals surface area (Å²) in [6, 6.07) is 21.4. The van der Waals surface area contributed by atoms with E-state index in [9.17, 15) is 4.79 Å². The Kier molecular flexibility index (Phi) is 4.81. The van der Waals surface area contributed by atoms with Crippen LogP contribution in [0.2, 0.25) is 0 Å². The van der Waals surface area contributed by atoms with Crippen LogP contribution in [0.1, 0.15) is 11.1 Å². The first-order valence-electron chi connectivity index (χ1n) is 9.11. The molecule has 4 rings (SSSR count). The van der Waals surface area contributed by atoms with Crippen molar-refractivity contribution in [2.75, 3.05) is 12.4 Å². The number of amides is 1. The maximum absolute atomic E-state index is 12.7. The summed E-state index contributed by atoms with van der Waals surface area (Å²) in [5.41, 5.74) is 4.36. The molecule has 0 saturated heterocycles. The summed E-state index contributed by atoms with van der Waals surface area (Å²) in [5, 5.41) is 3.06. The molecule has 0 atom stereocenters. The number of fused-ring (bicyclic) bond motifs is 1. The van der Waals surface area contributed by atoms with Crippen LogP contribution in [0.4, 0.5) is 5.82 Å². The zero-order chi connectivity index (χ0) is 19.5. The van der Waals surface area contributed by atoms with Gasteiger partial charge < -0.3 is 10.1 Å². The standard InChI is InChI=1S/C23H21N3O2/c1-16-12-13-26-20(14-16)24-22(18-10-6-7-11-19(18)28-2)23(26)25-21(27)15-17-8-4-3-5-9-17/h3-14H,15H2,1-2H3,(H,25,27). The largest absolute Gasteiger partial charge is 0.496 e. The van der Waals surface area contributed by atoms with Gasteiger partial charge in [-0.25, -0.2) is 4.98 Å². The molecule has 0 saturated carbocycles. The molecule has 2 aromatic heterocycles. The molecule has 0 spiro atoms. The Morgan fingerprint density at radius 1 is 1.07 bits per heavy atom. The highest BCUT2D eigenvalue weighted by atomic mass is 16.5. The predicted octanol–water partition coefficient (Wildman–Crippen LogP) is 4.50. The van der Waals surface area contributed by atoms with Gasteiger partial charge in [-0.15, -0.1) is 0 Å². The van der Waals surface area contributed by atoms with Crippen LogP contribution in [-0.4, -0.2) is 22.4 Å². The summed E-state index contributed by atoms with van der Waals surface area (Å²) >= 11 is 0. The van der Waals surface area contributed by atoms with Gasteiger partial charge >= 0.3 is 0 Å². The van der Waals surface area contributed by atoms with E-state index in [0.717, 1.165) is 22.3 Å². The quantitative estimate of drug-likeness (QED) is 0.562. The van der Waals surface area contributed by atoms with Crippen LogP contribution < -0.4 is 10.1 Å². The molecule has 0 aliphatic carbocycles. The second kappa shape index (κ2) is 7.56. The molecule has 0 unspecified atom stereocenters. The predicted molar refractivity (Wildman–Crippen MR) is 111 cm³/mol. The maximum Gasteiger partial charge on any atom is 0.229 e. The number of pyridine rings is 1. The molecule has 4 aromatic rings. The number of para-hydroxylation sites is 1. The fourth-order valence-corrected chi connectivity index (χ4v) is 3.25. The number of carbonyl (C=O) groups excluding carboxylic acids is 1. The molecule has 0 radical (unpaired) electrons. The number of hydrogen-bond donors (Lipinski definition) is 1. The second-order valence-corrected chi connectivity index (χ2v) is 6.65. The fraction of sp³-hybridized carbons (Fsp3) is 0.130. The van der Waals surface area contributed by atoms with Crippen LogP contribution in [0.3, 0.4) is 0 Å². The van der Waals surface area contributed by atoms with Crippen LogP contribution in [0.25, 0.3) is 16.9 Å². The molecule has 2 aromatic carbocycles. The van der Waals surface area contributed by atoms with Crippen molar-refractivity contribution in [2.45, 2.75) is 13.3 Å². The molecule has 5 nitrogen and oxygen atoms in total. The minimum Gasteiger partial charge on any atom is -0.496 e. The monoisotopic (exact) mass is 371 g/mol. The van der Waals surface area contributed by atoms with E-state index >= 15 is 0 Å². The first kappa shape index (κ1) is 17.8. The summed E-state index contributed by atoms with van der Waals surface area (Å²) in [7, 11) is 1.63. The van der Waals surface area contributed by atoms with Crippen molar-refractivity contribution in [1.82, 2.24) is 9.38 Å². The van der Waals surface area contributed by atoms with Gasteiger partial charge in [0, 0.05) is 11.8 Å². The highest BCUT2D eigenvalue weighted by Crippen LogP contribution is 2.35. The van der Waals surface area contributed by atoms with Gasteiger partial charge in [-0.3, -0.25) is 9.20 Å². The van der Waals surface area contributed by atoms with Gasteiger partial charge in [0.2, 0.25) is 5.91 Å². The van der Waals surface area contributed by atoms with E-state index < -0.39 is 0 Å². The number of methoxy groups -OCH3 is 1. The lowest BCUT2D eigenvalue weighted by atomic mass is 10.1. The molecule has 1 amide bonds. The lowest BCUT2D eigenvalue weighted by molar-refractivity contribution is -0.115. The number of nitrogens with zero attached hydrogens (tertiary/aromatic N) is 2. The molecule has 1 N–H and O–H groups in total. The Bertz CT molecular complexity index is 1130. The summed E-state index contributed by atoms with van der Waals surface area (Å²) in [6.07, 6.45) is 2.22. The third kappa shape index (κ3) is 3.47. The number of benzene rings is 2. The lowest BCUT2D eigenvalue weighted by Crippen LogP contribution is -2.16. The molecule has 0 aliphatic rings. The molecule has 2 heterocycles. The number of carbonyl (C=O) groups is 1. The van der Waals surface area contributed by atoms with Crippen molar-refractivity contribution >= 4 is 17.4 Å². The normalized spacial score (nSPS) is 10.8. The highest BCUT2D eigenvalue weighted by Gasteiger charge is 2.19. The number of aromatic nitrogens is 2. The molecule has 0 aliphatic heterocycles. The zero-order valence-corrected chi connectivity index (χ0v) is 15.8. The van der Waals surface area contributed by atoms with Gasteiger partial charge in [-0.1, -0.05) is 42.5 Å². The smallest absolute Gasteiger partial charge is 0.229 e. The molecule has 0 fully saturated rings. The average molecular weight is 371 g/mol. The number of nitrogens with one attached hydrogen (secondary N) is 1. The Morgan fingerprint density at radius 2 is 1.82 bits per heavy atom. The first-order valence-corrected chi connectivity index (χ1v) is 9.11. The minimum absolute atomic E-state index is 0.0928. The molecule has 0 bridgehead atoms. The molecular formula is C23H21N3O2. The zero-order valence-electron chi connectivity index (χ0n) is 15.8. The van der Waals surface area contributed by atoms with Crippen molar-refractivity contribution in [1.29, 1.82) is 0 Å². The molecule has 5 heteroatoms. The number of ether oxygens (including phenoxy) is 1. The van der Waals surface area contributed by atoms with E-state index in [-0.39, 0.29) is 5.91 Å². The topological polar surface area (TPSA) is 55.6 Å². The van der Waals surface area contributed by atoms with Gasteiger partial charge in [0.15, 0.2) is 0 Å². The van der Waals surface area contributed by atoms with E-state index in [1.807, 2.05) is 84.3 Å². The number of aryl methyl sites for hydroxylation is 1. The number of hydrogen-bond acceptors (Lipinski definition) is 3. The van der Waals surface area contributed by atoms with E-state index in [1.54, 1.807) is 7.11 Å². The Balaban J connectivity index is 1.78. The Labute approximate surface area is 163 Å². The lowest BCUT2D eigenvalue weighted by Gasteiger charge is -2.10. The number of rotatable bonds is 5. The van der Waals surface area contributed by atoms with Crippen molar-refractivity contribution in [3.8, 4) is 17.0 Å². The van der Waals surface area contributed by atoms with Gasteiger partial charge in [0.25, 0.3) is 0 Å². The SMILES string of the molecule is COc1ccccc1-c1nc2cc(C)ccn2c1NC(=O)Cc1ccccc1. The van der Waals surface area contributed by atoms with E-state index in [2.05, 4.69) is 5.32 Å².